The van der Waals surface area contributed by atoms with Crippen LogP contribution >= 0.6 is 0 Å². The molecule has 1 rings (SSSR count). The predicted molar refractivity (Wildman–Crippen MR) is 51.3 cm³/mol. The van der Waals surface area contributed by atoms with Crippen molar-refractivity contribution in [2.45, 2.75) is 19.0 Å². The highest BCUT2D eigenvalue weighted by Gasteiger charge is 2.52. The van der Waals surface area contributed by atoms with Gasteiger partial charge < -0.3 is 4.18 Å². The van der Waals surface area contributed by atoms with Gasteiger partial charge in [0.15, 0.2) is 5.75 Å². The van der Waals surface area contributed by atoms with E-state index in [2.05, 4.69) is 4.18 Å². The van der Waals surface area contributed by atoms with E-state index in [9.17, 15) is 37.0 Å². The Morgan fingerprint density at radius 3 is 2.21 bits per heavy atom. The van der Waals surface area contributed by atoms with Crippen molar-refractivity contribution in [1.82, 2.24) is 0 Å². The number of imide groups is 1. The van der Waals surface area contributed by atoms with Gasteiger partial charge in [-0.25, -0.2) is 23.8 Å². The standard InChI is InChI=1S/C8H9F3NO6S/c9-8(10,11)4-19(17)18-7(15)3-12(16)5(13)1-2-6(12)14/h16H,1-4H2/q+1. The number of hydrogen-bond donors (Lipinski definition) is 1. The summed E-state index contributed by atoms with van der Waals surface area (Å²) in [6.45, 7) is -1.19. The first-order valence-electron chi connectivity index (χ1n) is 4.88. The van der Waals surface area contributed by atoms with Crippen molar-refractivity contribution < 1.29 is 45.8 Å². The zero-order valence-electron chi connectivity index (χ0n) is 9.31. The molecule has 0 radical (unpaired) electrons. The molecule has 1 saturated heterocycles. The highest BCUT2D eigenvalue weighted by molar-refractivity contribution is 7.80. The Balaban J connectivity index is 2.59. The van der Waals surface area contributed by atoms with Crippen molar-refractivity contribution >= 4 is 28.9 Å². The zero-order valence-corrected chi connectivity index (χ0v) is 10.1. The van der Waals surface area contributed by atoms with Gasteiger partial charge in [0.2, 0.25) is 17.6 Å². The van der Waals surface area contributed by atoms with E-state index in [1.165, 1.54) is 0 Å². The molecule has 19 heavy (non-hydrogen) atoms. The molecule has 2 amide bonds. The molecule has 1 aliphatic rings. The molecule has 0 aromatic rings. The second kappa shape index (κ2) is 5.35. The van der Waals surface area contributed by atoms with Crippen LogP contribution in [0.1, 0.15) is 12.8 Å². The number of halogens is 3. The first kappa shape index (κ1) is 15.7. The van der Waals surface area contributed by atoms with E-state index in [1.54, 1.807) is 0 Å². The van der Waals surface area contributed by atoms with Gasteiger partial charge in [0.1, 0.15) is 0 Å². The number of rotatable bonds is 4. The summed E-state index contributed by atoms with van der Waals surface area (Å²) >= 11 is -2.98. The Kier molecular flexibility index (Phi) is 4.43. The number of amides is 2. The van der Waals surface area contributed by atoms with Gasteiger partial charge in [0, 0.05) is 0 Å². The number of hydroxylamine groups is 3. The van der Waals surface area contributed by atoms with Crippen LogP contribution in [-0.2, 0) is 29.6 Å². The van der Waals surface area contributed by atoms with Gasteiger partial charge in [-0.2, -0.15) is 13.2 Å². The third-order valence-electron chi connectivity index (χ3n) is 2.20. The summed E-state index contributed by atoms with van der Waals surface area (Å²) in [5.74, 6) is -5.34. The van der Waals surface area contributed by atoms with Gasteiger partial charge >= 0.3 is 24.0 Å². The maximum Gasteiger partial charge on any atom is 0.403 e. The Hall–Kier alpha value is -1.33. The van der Waals surface area contributed by atoms with Gasteiger partial charge in [-0.15, -0.1) is 0 Å². The molecule has 1 aliphatic heterocycles. The first-order chi connectivity index (χ1) is 8.54. The van der Waals surface area contributed by atoms with E-state index in [0.717, 1.165) is 0 Å². The molecule has 0 aliphatic carbocycles. The summed E-state index contributed by atoms with van der Waals surface area (Å²) in [5, 5.41) is 9.56. The van der Waals surface area contributed by atoms with E-state index in [4.69, 9.17) is 0 Å². The molecule has 11 heteroatoms. The number of likely N-dealkylation sites (tertiary alicyclic amines) is 1. The van der Waals surface area contributed by atoms with Crippen molar-refractivity contribution in [1.29, 1.82) is 0 Å². The van der Waals surface area contributed by atoms with Crippen LogP contribution in [-0.4, -0.2) is 50.3 Å². The van der Waals surface area contributed by atoms with Gasteiger partial charge in [-0.1, -0.05) is 0 Å². The fourth-order valence-electron chi connectivity index (χ4n) is 1.38. The lowest BCUT2D eigenvalue weighted by molar-refractivity contribution is -0.965. The summed E-state index contributed by atoms with van der Waals surface area (Å²) in [4.78, 5) is 33.5. The summed E-state index contributed by atoms with van der Waals surface area (Å²) in [6, 6.07) is 0. The molecule has 1 heterocycles. The first-order valence-corrected chi connectivity index (χ1v) is 6.13. The van der Waals surface area contributed by atoms with Crippen LogP contribution in [0, 0.1) is 0 Å². The second-order valence-corrected chi connectivity index (χ2v) is 4.80. The monoisotopic (exact) mass is 304 g/mol. The lowest BCUT2D eigenvalue weighted by Crippen LogP contribution is -2.52. The summed E-state index contributed by atoms with van der Waals surface area (Å²) in [7, 11) is 0. The average molecular weight is 304 g/mol. The second-order valence-electron chi connectivity index (χ2n) is 3.73. The predicted octanol–water partition coefficient (Wildman–Crippen LogP) is -0.191. The van der Waals surface area contributed by atoms with Crippen molar-refractivity contribution in [3.8, 4) is 0 Å². The van der Waals surface area contributed by atoms with E-state index >= 15 is 0 Å². The average Bonchev–Trinajstić information content (AvgIpc) is 2.42. The quantitative estimate of drug-likeness (QED) is 0.439. The SMILES string of the molecule is O=C(C[N+]1(O)C(=O)CCC1=O)OS(=O)CC(F)(F)F. The van der Waals surface area contributed by atoms with Crippen LogP contribution < -0.4 is 0 Å². The maximum atomic E-state index is 11.8. The van der Waals surface area contributed by atoms with Crippen molar-refractivity contribution in [3.63, 3.8) is 0 Å². The molecule has 0 saturated carbocycles. The summed E-state index contributed by atoms with van der Waals surface area (Å²) < 4.78 is 48.3. The van der Waals surface area contributed by atoms with E-state index in [0.29, 0.717) is 0 Å². The normalized spacial score (nSPS) is 20.4. The van der Waals surface area contributed by atoms with Crippen LogP contribution in [0.2, 0.25) is 0 Å². The molecule has 1 atom stereocenters. The smallest absolute Gasteiger partial charge is 0.359 e. The van der Waals surface area contributed by atoms with Crippen LogP contribution in [0.5, 0.6) is 0 Å². The number of hydrogen-bond acceptors (Lipinski definition) is 6. The molecule has 0 aromatic heterocycles. The van der Waals surface area contributed by atoms with Crippen LogP contribution in [0.3, 0.4) is 0 Å². The molecule has 1 fully saturated rings. The largest absolute Gasteiger partial charge is 0.403 e. The van der Waals surface area contributed by atoms with Crippen molar-refractivity contribution in [2.75, 3.05) is 12.3 Å². The van der Waals surface area contributed by atoms with E-state index < -0.39 is 52.0 Å². The summed E-state index contributed by atoms with van der Waals surface area (Å²) in [6.07, 6.45) is -5.36. The highest BCUT2D eigenvalue weighted by Crippen LogP contribution is 2.20. The molecule has 7 nitrogen and oxygen atoms in total. The highest BCUT2D eigenvalue weighted by atomic mass is 32.2. The fourth-order valence-corrected chi connectivity index (χ4v) is 1.97. The van der Waals surface area contributed by atoms with Crippen LogP contribution in [0.4, 0.5) is 13.2 Å². The molecular formula is C8H9F3NO6S+. The minimum Gasteiger partial charge on any atom is -0.359 e. The van der Waals surface area contributed by atoms with Gasteiger partial charge in [-0.3, -0.25) is 0 Å². The lowest BCUT2D eigenvalue weighted by atomic mass is 10.4. The Morgan fingerprint density at radius 2 is 1.79 bits per heavy atom. The zero-order chi connectivity index (χ0) is 14.8. The molecule has 1 N–H and O–H groups in total. The minimum absolute atomic E-state index is 0.283. The maximum absolute atomic E-state index is 11.8. The third-order valence-corrected chi connectivity index (χ3v) is 3.14. The Bertz CT molecular complexity index is 432. The molecule has 108 valence electrons. The van der Waals surface area contributed by atoms with E-state index in [1.807, 2.05) is 0 Å². The van der Waals surface area contributed by atoms with Gasteiger partial charge in [0.25, 0.3) is 0 Å². The minimum atomic E-state index is -4.80. The number of carbonyl (C=O) groups excluding carboxylic acids is 3. The molecule has 0 bridgehead atoms. The Morgan fingerprint density at radius 1 is 1.32 bits per heavy atom. The lowest BCUT2D eigenvalue weighted by Gasteiger charge is -2.17. The molecule has 0 spiro atoms. The topological polar surface area (TPSA) is 97.7 Å². The van der Waals surface area contributed by atoms with Crippen molar-refractivity contribution in [3.05, 3.63) is 0 Å². The third kappa shape index (κ3) is 4.08. The molecular weight excluding hydrogens is 295 g/mol. The van der Waals surface area contributed by atoms with Crippen LogP contribution in [0.25, 0.3) is 0 Å². The number of nitrogens with zero attached hydrogens (tertiary/aromatic N) is 1. The number of alkyl halides is 3. The van der Waals surface area contributed by atoms with Crippen molar-refractivity contribution in [2.24, 2.45) is 0 Å². The van der Waals surface area contributed by atoms with E-state index in [-0.39, 0.29) is 12.8 Å². The number of quaternary nitrogens is 1. The summed E-state index contributed by atoms with van der Waals surface area (Å²) in [5.41, 5.74) is 0. The van der Waals surface area contributed by atoms with Crippen LogP contribution in [0.15, 0.2) is 0 Å². The molecule has 1 unspecified atom stereocenters. The van der Waals surface area contributed by atoms with Gasteiger partial charge in [0.05, 0.1) is 12.8 Å². The molecule has 0 aromatic carbocycles. The van der Waals surface area contributed by atoms with Gasteiger partial charge in [-0.05, 0) is 4.65 Å². The number of carbonyl (C=O) groups is 3. The Labute approximate surface area is 107 Å². The fraction of sp³-hybridized carbons (Fsp3) is 0.625.